The Morgan fingerprint density at radius 2 is 1.61 bits per heavy atom. The number of nitrogens with zero attached hydrogens (tertiary/aromatic N) is 1. The van der Waals surface area contributed by atoms with Gasteiger partial charge >= 0.3 is 0 Å². The molecule has 23 heavy (non-hydrogen) atoms. The zero-order chi connectivity index (χ0) is 16.6. The lowest BCUT2D eigenvalue weighted by molar-refractivity contribution is 0.264. The predicted molar refractivity (Wildman–Crippen MR) is 102 cm³/mol. The lowest BCUT2D eigenvalue weighted by atomic mass is 10.1. The first kappa shape index (κ1) is 20.1. The zero-order valence-corrected chi connectivity index (χ0v) is 15.3. The van der Waals surface area contributed by atoms with Gasteiger partial charge in [-0.2, -0.15) is 0 Å². The van der Waals surface area contributed by atoms with Crippen LogP contribution < -0.4 is 11.1 Å². The molecule has 0 fully saturated rings. The highest BCUT2D eigenvalue weighted by Crippen LogP contribution is 2.14. The highest BCUT2D eigenvalue weighted by molar-refractivity contribution is 4.94. The van der Waals surface area contributed by atoms with Gasteiger partial charge in [-0.25, -0.2) is 0 Å². The zero-order valence-electron chi connectivity index (χ0n) is 15.3. The van der Waals surface area contributed by atoms with E-state index in [0.717, 1.165) is 13.1 Å². The van der Waals surface area contributed by atoms with Crippen molar-refractivity contribution in [3.05, 3.63) is 24.6 Å². The third-order valence-corrected chi connectivity index (χ3v) is 4.56. The van der Waals surface area contributed by atoms with E-state index in [1.807, 2.05) is 0 Å². The van der Waals surface area contributed by atoms with Crippen molar-refractivity contribution in [3.63, 3.8) is 0 Å². The molecule has 0 saturated heterocycles. The Morgan fingerprint density at radius 3 is 2.30 bits per heavy atom. The number of rotatable bonds is 15. The molecular weight excluding hydrogens is 282 g/mol. The summed E-state index contributed by atoms with van der Waals surface area (Å²) in [5.41, 5.74) is 5.64. The average molecular weight is 322 g/mol. The average Bonchev–Trinajstić information content (AvgIpc) is 2.99. The van der Waals surface area contributed by atoms with Crippen molar-refractivity contribution >= 4 is 0 Å². The first-order valence-corrected chi connectivity index (χ1v) is 9.92. The van der Waals surface area contributed by atoms with Crippen LogP contribution in [0, 0.1) is 0 Å². The second-order valence-corrected chi connectivity index (χ2v) is 6.69. The van der Waals surface area contributed by atoms with Gasteiger partial charge < -0.3 is 16.0 Å². The highest BCUT2D eigenvalue weighted by Gasteiger charge is 2.16. The van der Waals surface area contributed by atoms with Gasteiger partial charge in [0, 0.05) is 25.5 Å². The molecule has 0 amide bonds. The third kappa shape index (κ3) is 10.4. The lowest BCUT2D eigenvalue weighted by Gasteiger charge is -2.25. The summed E-state index contributed by atoms with van der Waals surface area (Å²) in [5.74, 6) is 0. The predicted octanol–water partition coefficient (Wildman–Crippen LogP) is 4.90. The summed E-state index contributed by atoms with van der Waals surface area (Å²) in [6.45, 7) is 3.93. The number of unbranched alkanes of at least 4 members (excludes halogenated alkanes) is 9. The van der Waals surface area contributed by atoms with E-state index in [4.69, 9.17) is 5.73 Å². The van der Waals surface area contributed by atoms with Crippen LogP contribution >= 0.6 is 0 Å². The van der Waals surface area contributed by atoms with E-state index >= 15 is 0 Å². The number of nitrogens with two attached hydrogens (primary N) is 1. The van der Waals surface area contributed by atoms with Gasteiger partial charge in [0.2, 0.25) is 0 Å². The maximum Gasteiger partial charge on any atom is 0.0981 e. The number of hydrogen-bond donors (Lipinski definition) is 2. The van der Waals surface area contributed by atoms with Crippen LogP contribution in [0.3, 0.4) is 0 Å². The molecule has 0 saturated carbocycles. The molecule has 0 aliphatic carbocycles. The summed E-state index contributed by atoms with van der Waals surface area (Å²) >= 11 is 0. The van der Waals surface area contributed by atoms with Crippen LogP contribution in [-0.4, -0.2) is 24.2 Å². The Morgan fingerprint density at radius 1 is 0.957 bits per heavy atom. The van der Waals surface area contributed by atoms with Gasteiger partial charge in [-0.1, -0.05) is 64.0 Å². The van der Waals surface area contributed by atoms with Gasteiger partial charge in [-0.3, -0.25) is 0 Å². The van der Waals surface area contributed by atoms with Crippen molar-refractivity contribution < 1.29 is 0 Å². The van der Waals surface area contributed by atoms with E-state index in [1.165, 1.54) is 77.0 Å². The maximum atomic E-state index is 5.64. The molecule has 0 aromatic carbocycles. The molecule has 1 aliphatic rings. The quantitative estimate of drug-likeness (QED) is 0.333. The second-order valence-electron chi connectivity index (χ2n) is 6.69. The Labute approximate surface area is 144 Å². The van der Waals surface area contributed by atoms with Crippen molar-refractivity contribution in [2.24, 2.45) is 5.73 Å². The summed E-state index contributed by atoms with van der Waals surface area (Å²) in [5, 5.41) is 3.42. The molecule has 0 aromatic rings. The fraction of sp³-hybridized carbons (Fsp3) is 0.800. The van der Waals surface area contributed by atoms with Crippen LogP contribution in [0.2, 0.25) is 0 Å². The van der Waals surface area contributed by atoms with E-state index in [2.05, 4.69) is 41.7 Å². The van der Waals surface area contributed by atoms with Gasteiger partial charge in [0.15, 0.2) is 0 Å². The highest BCUT2D eigenvalue weighted by atomic mass is 15.3. The Balaban J connectivity index is 1.81. The topological polar surface area (TPSA) is 41.3 Å². The number of hydrogen-bond acceptors (Lipinski definition) is 3. The molecule has 0 spiro atoms. The standard InChI is InChI=1S/C20H39N3/c1-2-3-4-5-6-7-8-9-10-11-12-13-14-15-20-22-17-19-23(20)18-16-21/h4-5,17,19-20,22H,2-3,6-16,18,21H2,1H3/b5-4+. The molecule has 0 aromatic heterocycles. The minimum absolute atomic E-state index is 0.485. The van der Waals surface area contributed by atoms with Crippen LogP contribution in [0.5, 0.6) is 0 Å². The van der Waals surface area contributed by atoms with E-state index in [0.29, 0.717) is 6.17 Å². The third-order valence-electron chi connectivity index (χ3n) is 4.56. The molecule has 1 aliphatic heterocycles. The Bertz CT molecular complexity index is 312. The van der Waals surface area contributed by atoms with Crippen molar-refractivity contribution in [1.29, 1.82) is 0 Å². The molecule has 3 nitrogen and oxygen atoms in total. The van der Waals surface area contributed by atoms with Gasteiger partial charge in [0.05, 0.1) is 6.17 Å². The number of nitrogens with one attached hydrogen (secondary N) is 1. The van der Waals surface area contributed by atoms with Gasteiger partial charge in [0.1, 0.15) is 0 Å². The fourth-order valence-electron chi connectivity index (χ4n) is 3.14. The van der Waals surface area contributed by atoms with Crippen LogP contribution in [0.15, 0.2) is 24.6 Å². The van der Waals surface area contributed by atoms with Gasteiger partial charge in [-0.15, -0.1) is 0 Å². The Hall–Kier alpha value is -0.960. The summed E-state index contributed by atoms with van der Waals surface area (Å²) in [4.78, 5) is 2.33. The summed E-state index contributed by atoms with van der Waals surface area (Å²) < 4.78 is 0. The van der Waals surface area contributed by atoms with E-state index in [9.17, 15) is 0 Å². The van der Waals surface area contributed by atoms with Crippen molar-refractivity contribution in [2.45, 2.75) is 90.1 Å². The Kier molecular flexibility index (Phi) is 12.8. The molecule has 3 heteroatoms. The summed E-state index contributed by atoms with van der Waals surface area (Å²) in [6.07, 6.45) is 25.5. The largest absolute Gasteiger partial charge is 0.370 e. The molecule has 1 atom stereocenters. The van der Waals surface area contributed by atoms with E-state index < -0.39 is 0 Å². The van der Waals surface area contributed by atoms with Gasteiger partial charge in [0.25, 0.3) is 0 Å². The van der Waals surface area contributed by atoms with Crippen LogP contribution in [0.4, 0.5) is 0 Å². The van der Waals surface area contributed by atoms with Crippen molar-refractivity contribution in [2.75, 3.05) is 13.1 Å². The monoisotopic (exact) mass is 321 g/mol. The maximum absolute atomic E-state index is 5.64. The van der Waals surface area contributed by atoms with Crippen molar-refractivity contribution in [3.8, 4) is 0 Å². The SMILES string of the molecule is CCC/C=C/CCCCCCCCCCC1NC=CN1CCN. The molecule has 1 heterocycles. The minimum Gasteiger partial charge on any atom is -0.370 e. The van der Waals surface area contributed by atoms with E-state index in [1.54, 1.807) is 0 Å². The van der Waals surface area contributed by atoms with Crippen LogP contribution in [0.1, 0.15) is 84.0 Å². The molecular formula is C20H39N3. The molecule has 0 bridgehead atoms. The summed E-state index contributed by atoms with van der Waals surface area (Å²) in [7, 11) is 0. The first-order valence-electron chi connectivity index (χ1n) is 9.92. The van der Waals surface area contributed by atoms with Crippen molar-refractivity contribution in [1.82, 2.24) is 10.2 Å². The van der Waals surface area contributed by atoms with Crippen LogP contribution in [-0.2, 0) is 0 Å². The number of allylic oxidation sites excluding steroid dienone is 2. The van der Waals surface area contributed by atoms with Crippen LogP contribution in [0.25, 0.3) is 0 Å². The minimum atomic E-state index is 0.485. The molecule has 1 unspecified atom stereocenters. The molecule has 134 valence electrons. The molecule has 1 rings (SSSR count). The molecule has 3 N–H and O–H groups in total. The smallest absolute Gasteiger partial charge is 0.0981 e. The lowest BCUT2D eigenvalue weighted by Crippen LogP contribution is -2.37. The fourth-order valence-corrected chi connectivity index (χ4v) is 3.14. The van der Waals surface area contributed by atoms with E-state index in [-0.39, 0.29) is 0 Å². The molecule has 0 radical (unpaired) electrons. The summed E-state index contributed by atoms with van der Waals surface area (Å²) in [6, 6.07) is 0. The second kappa shape index (κ2) is 14.6. The normalized spacial score (nSPS) is 17.3. The van der Waals surface area contributed by atoms with Gasteiger partial charge in [-0.05, 0) is 32.1 Å². The first-order chi connectivity index (χ1) is 11.4.